The van der Waals surface area contributed by atoms with E-state index in [0.29, 0.717) is 30.6 Å². The first kappa shape index (κ1) is 21.4. The van der Waals surface area contributed by atoms with Crippen molar-refractivity contribution < 1.29 is 14.3 Å². The topological polar surface area (TPSA) is 82.4 Å². The number of ether oxygens (including phenoxy) is 1. The van der Waals surface area contributed by atoms with Crippen molar-refractivity contribution in [2.24, 2.45) is 5.92 Å². The fourth-order valence-corrected chi connectivity index (χ4v) is 3.90. The molecule has 1 fully saturated rings. The minimum absolute atomic E-state index is 0.0895. The van der Waals surface area contributed by atoms with Crippen molar-refractivity contribution in [2.75, 3.05) is 19.0 Å². The molecule has 2 atom stereocenters. The van der Waals surface area contributed by atoms with E-state index in [1.807, 2.05) is 29.2 Å². The predicted octanol–water partition coefficient (Wildman–Crippen LogP) is 4.29. The number of benzene rings is 2. The van der Waals surface area contributed by atoms with E-state index >= 15 is 0 Å². The maximum atomic E-state index is 13.2. The van der Waals surface area contributed by atoms with Crippen LogP contribution in [0, 0.1) is 17.2 Å². The summed E-state index contributed by atoms with van der Waals surface area (Å²) in [6, 6.07) is 16.1. The number of hydrogen-bond acceptors (Lipinski definition) is 4. The zero-order chi connectivity index (χ0) is 21.5. The molecule has 0 aliphatic carbocycles. The van der Waals surface area contributed by atoms with Gasteiger partial charge in [0.2, 0.25) is 11.8 Å². The first-order chi connectivity index (χ1) is 14.6. The van der Waals surface area contributed by atoms with Crippen molar-refractivity contribution in [3.63, 3.8) is 0 Å². The monoisotopic (exact) mass is 405 g/mol. The minimum atomic E-state index is -0.358. The van der Waals surface area contributed by atoms with Crippen molar-refractivity contribution >= 4 is 17.5 Å². The lowest BCUT2D eigenvalue weighted by molar-refractivity contribution is -0.142. The molecule has 3 rings (SSSR count). The number of nitrogens with one attached hydrogen (secondary N) is 1. The van der Waals surface area contributed by atoms with Gasteiger partial charge in [-0.2, -0.15) is 5.26 Å². The van der Waals surface area contributed by atoms with Gasteiger partial charge in [0, 0.05) is 18.7 Å². The number of anilines is 1. The number of hydrogen-bond donors (Lipinski definition) is 1. The van der Waals surface area contributed by atoms with E-state index in [2.05, 4.69) is 18.3 Å². The minimum Gasteiger partial charge on any atom is -0.497 e. The molecule has 1 heterocycles. The SMILES string of the molecule is CCCCN1C(=O)CCC(C(=O)Nc2ccc(C#N)cc2)C1c1ccc(OC)cc1. The lowest BCUT2D eigenvalue weighted by atomic mass is 9.83. The number of likely N-dealkylation sites (tertiary alicyclic amines) is 1. The summed E-state index contributed by atoms with van der Waals surface area (Å²) in [5, 5.41) is 11.9. The number of amides is 2. The normalized spacial score (nSPS) is 18.6. The Morgan fingerprint density at radius 3 is 2.50 bits per heavy atom. The molecule has 2 aromatic carbocycles. The van der Waals surface area contributed by atoms with Crippen LogP contribution in [-0.2, 0) is 9.59 Å². The molecule has 0 radical (unpaired) electrons. The molecule has 1 saturated heterocycles. The number of unbranched alkanes of at least 4 members (excludes halogenated alkanes) is 1. The summed E-state index contributed by atoms with van der Waals surface area (Å²) < 4.78 is 5.26. The molecular formula is C24H27N3O3. The van der Waals surface area contributed by atoms with Crippen LogP contribution in [0.3, 0.4) is 0 Å². The van der Waals surface area contributed by atoms with Crippen LogP contribution in [0.1, 0.15) is 49.8 Å². The number of nitrogens with zero attached hydrogens (tertiary/aromatic N) is 2. The average Bonchev–Trinajstić information content (AvgIpc) is 2.78. The molecular weight excluding hydrogens is 378 g/mol. The molecule has 156 valence electrons. The summed E-state index contributed by atoms with van der Waals surface area (Å²) in [5.41, 5.74) is 2.11. The van der Waals surface area contributed by atoms with Crippen molar-refractivity contribution in [1.82, 2.24) is 4.90 Å². The summed E-state index contributed by atoms with van der Waals surface area (Å²) in [4.78, 5) is 27.8. The summed E-state index contributed by atoms with van der Waals surface area (Å²) in [7, 11) is 1.61. The Kier molecular flexibility index (Phi) is 7.08. The third kappa shape index (κ3) is 4.80. The van der Waals surface area contributed by atoms with Gasteiger partial charge < -0.3 is 15.0 Å². The maximum absolute atomic E-state index is 13.2. The second-order valence-electron chi connectivity index (χ2n) is 7.48. The van der Waals surface area contributed by atoms with Crippen molar-refractivity contribution in [2.45, 2.75) is 38.6 Å². The van der Waals surface area contributed by atoms with Gasteiger partial charge in [0.15, 0.2) is 0 Å². The van der Waals surface area contributed by atoms with Gasteiger partial charge in [-0.3, -0.25) is 9.59 Å². The first-order valence-electron chi connectivity index (χ1n) is 10.3. The predicted molar refractivity (Wildman–Crippen MR) is 115 cm³/mol. The molecule has 6 nitrogen and oxygen atoms in total. The molecule has 1 aliphatic heterocycles. The van der Waals surface area contributed by atoms with Crippen LogP contribution in [0.2, 0.25) is 0 Å². The molecule has 1 N–H and O–H groups in total. The van der Waals surface area contributed by atoms with Crippen LogP contribution >= 0.6 is 0 Å². The van der Waals surface area contributed by atoms with Gasteiger partial charge in [-0.05, 0) is 54.8 Å². The average molecular weight is 405 g/mol. The highest BCUT2D eigenvalue weighted by Crippen LogP contribution is 2.38. The van der Waals surface area contributed by atoms with Gasteiger partial charge in [-0.25, -0.2) is 0 Å². The van der Waals surface area contributed by atoms with Crippen LogP contribution in [0.5, 0.6) is 5.75 Å². The van der Waals surface area contributed by atoms with Crippen LogP contribution in [0.25, 0.3) is 0 Å². The number of carbonyl (C=O) groups excluding carboxylic acids is 2. The van der Waals surface area contributed by atoms with Crippen LogP contribution < -0.4 is 10.1 Å². The summed E-state index contributed by atoms with van der Waals surface area (Å²) in [6.07, 6.45) is 2.73. The highest BCUT2D eigenvalue weighted by molar-refractivity contribution is 5.94. The smallest absolute Gasteiger partial charge is 0.229 e. The summed E-state index contributed by atoms with van der Waals surface area (Å²) in [6.45, 7) is 2.72. The van der Waals surface area contributed by atoms with E-state index in [-0.39, 0.29) is 23.8 Å². The third-order valence-electron chi connectivity index (χ3n) is 5.53. The molecule has 0 aromatic heterocycles. The van der Waals surface area contributed by atoms with Gasteiger partial charge in [0.1, 0.15) is 5.75 Å². The molecule has 0 spiro atoms. The van der Waals surface area contributed by atoms with Gasteiger partial charge in [-0.15, -0.1) is 0 Å². The van der Waals surface area contributed by atoms with E-state index in [1.54, 1.807) is 31.4 Å². The van der Waals surface area contributed by atoms with E-state index in [9.17, 15) is 9.59 Å². The highest BCUT2D eigenvalue weighted by Gasteiger charge is 2.40. The van der Waals surface area contributed by atoms with E-state index in [1.165, 1.54) is 0 Å². The second-order valence-corrected chi connectivity index (χ2v) is 7.48. The number of piperidine rings is 1. The molecule has 2 aromatic rings. The zero-order valence-corrected chi connectivity index (χ0v) is 17.4. The Morgan fingerprint density at radius 1 is 1.20 bits per heavy atom. The van der Waals surface area contributed by atoms with E-state index in [4.69, 9.17) is 10.00 Å². The van der Waals surface area contributed by atoms with Crippen LogP contribution in [0.15, 0.2) is 48.5 Å². The molecule has 0 bridgehead atoms. The molecule has 6 heteroatoms. The number of nitriles is 1. The molecule has 30 heavy (non-hydrogen) atoms. The van der Waals surface area contributed by atoms with Crippen LogP contribution in [0.4, 0.5) is 5.69 Å². The molecule has 1 aliphatic rings. The number of carbonyl (C=O) groups is 2. The molecule has 2 unspecified atom stereocenters. The fourth-order valence-electron chi connectivity index (χ4n) is 3.90. The fraction of sp³-hybridized carbons (Fsp3) is 0.375. The van der Waals surface area contributed by atoms with Gasteiger partial charge >= 0.3 is 0 Å². The lowest BCUT2D eigenvalue weighted by Gasteiger charge is -2.41. The number of methoxy groups -OCH3 is 1. The van der Waals surface area contributed by atoms with E-state index in [0.717, 1.165) is 24.2 Å². The van der Waals surface area contributed by atoms with E-state index < -0.39 is 0 Å². The molecule has 2 amide bonds. The van der Waals surface area contributed by atoms with Gasteiger partial charge in [0.25, 0.3) is 0 Å². The maximum Gasteiger partial charge on any atom is 0.229 e. The zero-order valence-electron chi connectivity index (χ0n) is 17.4. The summed E-state index contributed by atoms with van der Waals surface area (Å²) in [5.74, 6) is 0.351. The molecule has 0 saturated carbocycles. The number of rotatable bonds is 7. The standard InChI is InChI=1S/C24H27N3O3/c1-3-4-15-27-22(28)14-13-21(23(27)18-7-11-20(30-2)12-8-18)24(29)26-19-9-5-17(16-25)6-10-19/h5-12,21,23H,3-4,13-15H2,1-2H3,(H,26,29). The third-order valence-corrected chi connectivity index (χ3v) is 5.53. The highest BCUT2D eigenvalue weighted by atomic mass is 16.5. The van der Waals surface area contributed by atoms with Gasteiger partial charge in [-0.1, -0.05) is 25.5 Å². The quantitative estimate of drug-likeness (QED) is 0.745. The van der Waals surface area contributed by atoms with Crippen LogP contribution in [-0.4, -0.2) is 30.4 Å². The van der Waals surface area contributed by atoms with Crippen molar-refractivity contribution in [3.8, 4) is 11.8 Å². The Morgan fingerprint density at radius 2 is 1.90 bits per heavy atom. The Balaban J connectivity index is 1.88. The van der Waals surface area contributed by atoms with Crippen molar-refractivity contribution in [1.29, 1.82) is 5.26 Å². The first-order valence-corrected chi connectivity index (χ1v) is 10.3. The largest absolute Gasteiger partial charge is 0.497 e. The lowest BCUT2D eigenvalue weighted by Crippen LogP contribution is -2.47. The van der Waals surface area contributed by atoms with Crippen molar-refractivity contribution in [3.05, 3.63) is 59.7 Å². The Labute approximate surface area is 177 Å². The Hall–Kier alpha value is -3.33. The summed E-state index contributed by atoms with van der Waals surface area (Å²) >= 11 is 0. The Bertz CT molecular complexity index is 916. The second kappa shape index (κ2) is 9.93. The van der Waals surface area contributed by atoms with Gasteiger partial charge in [0.05, 0.1) is 30.7 Å².